The molecule has 0 bridgehead atoms. The molecule has 0 spiro atoms. The third-order valence-corrected chi connectivity index (χ3v) is 2.46. The summed E-state index contributed by atoms with van der Waals surface area (Å²) in [5, 5.41) is 0. The molecule has 0 aliphatic heterocycles. The fourth-order valence-electron chi connectivity index (χ4n) is 1.36. The summed E-state index contributed by atoms with van der Waals surface area (Å²) in [4.78, 5) is 12.4. The lowest BCUT2D eigenvalue weighted by molar-refractivity contribution is 0.103. The molecule has 0 radical (unpaired) electrons. The molecule has 64 valence electrons. The van der Waals surface area contributed by atoms with Crippen molar-refractivity contribution in [3.05, 3.63) is 47.6 Å². The number of hydrogen-bond donors (Lipinski definition) is 1. The molecule has 1 aromatic rings. The average Bonchev–Trinajstić information content (AvgIpc) is 2.12. The van der Waals surface area contributed by atoms with Crippen LogP contribution < -0.4 is 0 Å². The lowest BCUT2D eigenvalue weighted by Crippen LogP contribution is -2.07. The lowest BCUT2D eigenvalue weighted by Gasteiger charge is -2.11. The highest BCUT2D eigenvalue weighted by molar-refractivity contribution is 7.80. The molecular weight excluding hydrogens is 180 g/mol. The van der Waals surface area contributed by atoms with Gasteiger partial charge in [-0.2, -0.15) is 0 Å². The Morgan fingerprint density at radius 3 is 2.77 bits per heavy atom. The number of Topliss-reactive ketones (excluding diaryl/α,β-unsaturated/α-hetero) is 1. The molecule has 0 N–H and O–H groups in total. The van der Waals surface area contributed by atoms with E-state index in [1.54, 1.807) is 12.1 Å². The maximum Gasteiger partial charge on any atom is 0.193 e. The van der Waals surface area contributed by atoms with E-state index in [0.29, 0.717) is 11.1 Å². The number of rotatable bonds is 0. The van der Waals surface area contributed by atoms with Crippen molar-refractivity contribution < 1.29 is 4.79 Å². The summed E-state index contributed by atoms with van der Waals surface area (Å²) in [5.41, 5.74) is 2.12. The van der Waals surface area contributed by atoms with E-state index >= 15 is 0 Å². The van der Waals surface area contributed by atoms with Crippen LogP contribution in [-0.4, -0.2) is 5.78 Å². The van der Waals surface area contributed by atoms with Crippen LogP contribution in [0.5, 0.6) is 0 Å². The summed E-state index contributed by atoms with van der Waals surface area (Å²) >= 11 is 4.27. The van der Waals surface area contributed by atoms with Gasteiger partial charge in [-0.25, -0.2) is 0 Å². The molecule has 1 nitrogen and oxygen atoms in total. The maximum absolute atomic E-state index is 11.6. The Hall–Kier alpha value is -1.28. The number of fused-ring (bicyclic) bond motifs is 1. The van der Waals surface area contributed by atoms with Crippen molar-refractivity contribution in [2.45, 2.75) is 4.90 Å². The molecule has 2 heteroatoms. The number of benzene rings is 1. The van der Waals surface area contributed by atoms with Crippen LogP contribution in [0.2, 0.25) is 0 Å². The molecule has 1 aliphatic carbocycles. The van der Waals surface area contributed by atoms with Crippen molar-refractivity contribution in [3.8, 4) is 0 Å². The summed E-state index contributed by atoms with van der Waals surface area (Å²) in [6.45, 7) is 3.66. The first-order valence-corrected chi connectivity index (χ1v) is 4.38. The molecule has 0 aromatic heterocycles. The Labute approximate surface area is 82.2 Å². The van der Waals surface area contributed by atoms with Gasteiger partial charge in [0.25, 0.3) is 0 Å². The predicted molar refractivity (Wildman–Crippen MR) is 56.2 cm³/mol. The van der Waals surface area contributed by atoms with Gasteiger partial charge in [-0.3, -0.25) is 4.79 Å². The predicted octanol–water partition coefficient (Wildman–Crippen LogP) is 2.74. The van der Waals surface area contributed by atoms with Crippen LogP contribution >= 0.6 is 12.6 Å². The molecule has 0 heterocycles. The van der Waals surface area contributed by atoms with Crippen LogP contribution in [0.15, 0.2) is 41.3 Å². The van der Waals surface area contributed by atoms with Crippen LogP contribution in [-0.2, 0) is 0 Å². The average molecular weight is 188 g/mol. The summed E-state index contributed by atoms with van der Waals surface area (Å²) in [7, 11) is 0. The minimum Gasteiger partial charge on any atom is -0.289 e. The number of thiol groups is 1. The van der Waals surface area contributed by atoms with Gasteiger partial charge in [-0.05, 0) is 11.6 Å². The van der Waals surface area contributed by atoms with Crippen molar-refractivity contribution in [1.29, 1.82) is 0 Å². The first-order chi connectivity index (χ1) is 6.20. The quantitative estimate of drug-likeness (QED) is 0.489. The molecule has 0 saturated heterocycles. The highest BCUT2D eigenvalue weighted by atomic mass is 32.1. The fourth-order valence-corrected chi connectivity index (χ4v) is 1.64. The minimum atomic E-state index is -0.00611. The number of allylic oxidation sites excluding steroid dienone is 2. The molecule has 13 heavy (non-hydrogen) atoms. The van der Waals surface area contributed by atoms with Crippen molar-refractivity contribution in [3.63, 3.8) is 0 Å². The second-order valence-electron chi connectivity index (χ2n) is 2.93. The van der Waals surface area contributed by atoms with Crippen LogP contribution in [0.3, 0.4) is 0 Å². The van der Waals surface area contributed by atoms with E-state index in [1.165, 1.54) is 0 Å². The summed E-state index contributed by atoms with van der Waals surface area (Å²) in [5.74, 6) is -0.00611. The largest absolute Gasteiger partial charge is 0.289 e. The third-order valence-electron chi connectivity index (χ3n) is 2.07. The zero-order valence-corrected chi connectivity index (χ0v) is 7.84. The molecule has 0 amide bonds. The van der Waals surface area contributed by atoms with E-state index in [9.17, 15) is 4.79 Å². The van der Waals surface area contributed by atoms with Crippen molar-refractivity contribution >= 4 is 24.5 Å². The van der Waals surface area contributed by atoms with Gasteiger partial charge in [0.2, 0.25) is 0 Å². The van der Waals surface area contributed by atoms with Gasteiger partial charge in [0, 0.05) is 16.0 Å². The molecule has 0 fully saturated rings. The zero-order valence-electron chi connectivity index (χ0n) is 6.95. The van der Waals surface area contributed by atoms with Crippen LogP contribution in [0.25, 0.3) is 6.08 Å². The second kappa shape index (κ2) is 2.89. The van der Waals surface area contributed by atoms with Gasteiger partial charge < -0.3 is 0 Å². The Morgan fingerprint density at radius 2 is 2.00 bits per heavy atom. The van der Waals surface area contributed by atoms with E-state index in [0.717, 1.165) is 10.5 Å². The Bertz CT molecular complexity index is 430. The van der Waals surface area contributed by atoms with E-state index in [1.807, 2.05) is 18.2 Å². The normalized spacial score (nSPS) is 14.5. The number of carbonyl (C=O) groups excluding carboxylic acids is 1. The standard InChI is InChI=1S/C11H8OS/c1-7-5-6-8-9(11(7)12)3-2-4-10(8)13/h2-6,13H,1H2. The minimum absolute atomic E-state index is 0.00611. The fraction of sp³-hybridized carbons (Fsp3) is 0. The van der Waals surface area contributed by atoms with Crippen LogP contribution in [0.1, 0.15) is 15.9 Å². The highest BCUT2D eigenvalue weighted by Gasteiger charge is 2.16. The molecule has 1 aliphatic rings. The molecule has 2 rings (SSSR count). The van der Waals surface area contributed by atoms with Crippen molar-refractivity contribution in [1.82, 2.24) is 0 Å². The van der Waals surface area contributed by atoms with E-state index < -0.39 is 0 Å². The highest BCUT2D eigenvalue weighted by Crippen LogP contribution is 2.26. The lowest BCUT2D eigenvalue weighted by atomic mass is 9.93. The summed E-state index contributed by atoms with van der Waals surface area (Å²) in [6.07, 6.45) is 3.60. The number of carbonyl (C=O) groups is 1. The Balaban J connectivity index is 2.72. The smallest absolute Gasteiger partial charge is 0.193 e. The summed E-state index contributed by atoms with van der Waals surface area (Å²) in [6, 6.07) is 5.49. The summed E-state index contributed by atoms with van der Waals surface area (Å²) < 4.78 is 0. The van der Waals surface area contributed by atoms with Crippen LogP contribution in [0.4, 0.5) is 0 Å². The van der Waals surface area contributed by atoms with E-state index in [2.05, 4.69) is 19.2 Å². The van der Waals surface area contributed by atoms with Gasteiger partial charge in [0.15, 0.2) is 5.78 Å². The zero-order chi connectivity index (χ0) is 9.42. The molecule has 1 aromatic carbocycles. The van der Waals surface area contributed by atoms with Gasteiger partial charge in [-0.15, -0.1) is 12.6 Å². The molecule has 0 saturated carbocycles. The molecular formula is C11H8OS. The van der Waals surface area contributed by atoms with Crippen molar-refractivity contribution in [2.24, 2.45) is 0 Å². The third kappa shape index (κ3) is 1.23. The number of hydrogen-bond acceptors (Lipinski definition) is 2. The van der Waals surface area contributed by atoms with Crippen LogP contribution in [0, 0.1) is 0 Å². The molecule has 0 unspecified atom stereocenters. The first kappa shape index (κ1) is 8.32. The van der Waals surface area contributed by atoms with Gasteiger partial charge >= 0.3 is 0 Å². The maximum atomic E-state index is 11.6. The topological polar surface area (TPSA) is 17.1 Å². The monoisotopic (exact) mass is 188 g/mol. The van der Waals surface area contributed by atoms with Gasteiger partial charge in [0.05, 0.1) is 0 Å². The Morgan fingerprint density at radius 1 is 1.23 bits per heavy atom. The van der Waals surface area contributed by atoms with Crippen molar-refractivity contribution in [2.75, 3.05) is 0 Å². The second-order valence-corrected chi connectivity index (χ2v) is 3.41. The van der Waals surface area contributed by atoms with E-state index in [-0.39, 0.29) is 5.78 Å². The van der Waals surface area contributed by atoms with Gasteiger partial charge in [0.1, 0.15) is 0 Å². The first-order valence-electron chi connectivity index (χ1n) is 3.94. The van der Waals surface area contributed by atoms with Gasteiger partial charge in [-0.1, -0.05) is 30.9 Å². The SMILES string of the molecule is C=C1C=Cc2c(S)cccc2C1=O. The number of ketones is 1. The Kier molecular flexibility index (Phi) is 1.85. The van der Waals surface area contributed by atoms with E-state index in [4.69, 9.17) is 0 Å². The molecule has 0 atom stereocenters.